The summed E-state index contributed by atoms with van der Waals surface area (Å²) in [4.78, 5) is 16.9. The summed E-state index contributed by atoms with van der Waals surface area (Å²) in [7, 11) is 4.63. The summed E-state index contributed by atoms with van der Waals surface area (Å²) >= 11 is 1.68. The molecule has 1 heterocycles. The second-order valence-electron chi connectivity index (χ2n) is 5.89. The molecule has 0 saturated carbocycles. The fourth-order valence-electron chi connectivity index (χ4n) is 2.80. The fraction of sp³-hybridized carbons (Fsp3) is 0.300. The van der Waals surface area contributed by atoms with E-state index in [1.54, 1.807) is 44.8 Å². The average molecular weight is 386 g/mol. The van der Waals surface area contributed by atoms with Gasteiger partial charge in [0.25, 0.3) is 0 Å². The van der Waals surface area contributed by atoms with Crippen molar-refractivity contribution < 1.29 is 19.0 Å². The highest BCUT2D eigenvalue weighted by molar-refractivity contribution is 7.18. The number of thiazole rings is 1. The summed E-state index contributed by atoms with van der Waals surface area (Å²) < 4.78 is 17.1. The Morgan fingerprint density at radius 2 is 1.78 bits per heavy atom. The van der Waals surface area contributed by atoms with Gasteiger partial charge in [0.2, 0.25) is 11.7 Å². The largest absolute Gasteiger partial charge is 0.493 e. The highest BCUT2D eigenvalue weighted by Gasteiger charge is 2.14. The molecule has 27 heavy (non-hydrogen) atoms. The van der Waals surface area contributed by atoms with Crippen molar-refractivity contribution >= 4 is 33.1 Å². The van der Waals surface area contributed by atoms with Crippen LogP contribution in [0.15, 0.2) is 36.4 Å². The lowest BCUT2D eigenvalue weighted by atomic mass is 10.2. The molecule has 0 aliphatic heterocycles. The lowest BCUT2D eigenvalue weighted by Gasteiger charge is -2.14. The molecule has 0 unspecified atom stereocenters. The number of nitrogens with one attached hydrogen (secondary N) is 1. The number of amides is 1. The quantitative estimate of drug-likeness (QED) is 0.626. The first-order chi connectivity index (χ1) is 13.1. The third-order valence-corrected chi connectivity index (χ3v) is 5.18. The molecule has 142 valence electrons. The van der Waals surface area contributed by atoms with E-state index in [1.807, 2.05) is 18.2 Å². The summed E-state index contributed by atoms with van der Waals surface area (Å²) in [5.74, 6) is 1.43. The number of carbonyl (C=O) groups is 1. The van der Waals surface area contributed by atoms with Crippen molar-refractivity contribution in [2.75, 3.05) is 26.6 Å². The number of nitrogens with zero attached hydrogens (tertiary/aromatic N) is 1. The molecule has 3 rings (SSSR count). The van der Waals surface area contributed by atoms with Gasteiger partial charge in [-0.25, -0.2) is 4.98 Å². The molecule has 1 aromatic heterocycles. The smallest absolute Gasteiger partial charge is 0.224 e. The number of para-hydroxylation sites is 1. The summed E-state index contributed by atoms with van der Waals surface area (Å²) in [5.41, 5.74) is 1.62. The second kappa shape index (κ2) is 8.73. The molecule has 0 bridgehead atoms. The monoisotopic (exact) mass is 386 g/mol. The number of fused-ring (bicyclic) bond motifs is 1. The minimum Gasteiger partial charge on any atom is -0.493 e. The predicted molar refractivity (Wildman–Crippen MR) is 107 cm³/mol. The molecule has 3 aromatic rings. The molecule has 1 amide bonds. The Morgan fingerprint density at radius 3 is 2.41 bits per heavy atom. The van der Waals surface area contributed by atoms with Crippen LogP contribution in [0.1, 0.15) is 17.8 Å². The molecule has 0 aliphatic rings. The number of hydrogen-bond acceptors (Lipinski definition) is 6. The average Bonchev–Trinajstić information content (AvgIpc) is 3.09. The van der Waals surface area contributed by atoms with E-state index in [0.29, 0.717) is 29.4 Å². The van der Waals surface area contributed by atoms with E-state index in [2.05, 4.69) is 16.4 Å². The van der Waals surface area contributed by atoms with Crippen molar-refractivity contribution in [2.24, 2.45) is 0 Å². The number of hydrogen-bond donors (Lipinski definition) is 1. The summed E-state index contributed by atoms with van der Waals surface area (Å²) in [6.45, 7) is 0. The standard InChI is InChI=1S/C20H22N2O4S/c1-24-15-11-13(12-16(25-2)20(15)26-3)21-18(23)9-6-10-19-22-14-7-4-5-8-17(14)27-19/h4-5,7-8,11-12H,6,9-10H2,1-3H3,(H,21,23). The summed E-state index contributed by atoms with van der Waals surface area (Å²) in [5, 5.41) is 3.94. The Hall–Kier alpha value is -2.80. The number of anilines is 1. The van der Waals surface area contributed by atoms with Crippen LogP contribution < -0.4 is 19.5 Å². The van der Waals surface area contributed by atoms with Gasteiger partial charge in [0.15, 0.2) is 11.5 Å². The van der Waals surface area contributed by atoms with E-state index < -0.39 is 0 Å². The van der Waals surface area contributed by atoms with Crippen molar-refractivity contribution in [3.05, 3.63) is 41.4 Å². The Balaban J connectivity index is 1.58. The van der Waals surface area contributed by atoms with Gasteiger partial charge in [0.1, 0.15) is 0 Å². The van der Waals surface area contributed by atoms with Gasteiger partial charge in [0.05, 0.1) is 36.6 Å². The van der Waals surface area contributed by atoms with Crippen LogP contribution in [0.4, 0.5) is 5.69 Å². The predicted octanol–water partition coefficient (Wildman–Crippen LogP) is 4.28. The van der Waals surface area contributed by atoms with Crippen molar-refractivity contribution in [3.63, 3.8) is 0 Å². The summed E-state index contributed by atoms with van der Waals surface area (Å²) in [6.07, 6.45) is 1.92. The van der Waals surface area contributed by atoms with Gasteiger partial charge < -0.3 is 19.5 Å². The topological polar surface area (TPSA) is 69.7 Å². The third-order valence-electron chi connectivity index (χ3n) is 4.08. The van der Waals surface area contributed by atoms with Gasteiger partial charge in [-0.3, -0.25) is 4.79 Å². The van der Waals surface area contributed by atoms with Crippen molar-refractivity contribution in [3.8, 4) is 17.2 Å². The number of aryl methyl sites for hydroxylation is 1. The van der Waals surface area contributed by atoms with E-state index in [0.717, 1.165) is 23.4 Å². The molecule has 0 fully saturated rings. The highest BCUT2D eigenvalue weighted by Crippen LogP contribution is 2.39. The molecule has 0 atom stereocenters. The maximum Gasteiger partial charge on any atom is 0.224 e. The zero-order valence-electron chi connectivity index (χ0n) is 15.6. The van der Waals surface area contributed by atoms with Crippen LogP contribution in [0, 0.1) is 0 Å². The SMILES string of the molecule is COc1cc(NC(=O)CCCc2nc3ccccc3s2)cc(OC)c1OC. The lowest BCUT2D eigenvalue weighted by Crippen LogP contribution is -2.12. The van der Waals surface area contributed by atoms with E-state index in [4.69, 9.17) is 14.2 Å². The zero-order valence-corrected chi connectivity index (χ0v) is 16.4. The van der Waals surface area contributed by atoms with E-state index in [-0.39, 0.29) is 5.91 Å². The van der Waals surface area contributed by atoms with Gasteiger partial charge in [-0.15, -0.1) is 11.3 Å². The van der Waals surface area contributed by atoms with Crippen molar-refractivity contribution in [1.82, 2.24) is 4.98 Å². The fourth-order valence-corrected chi connectivity index (χ4v) is 3.81. The Labute approximate surface area is 162 Å². The Kier molecular flexibility index (Phi) is 6.13. The first kappa shape index (κ1) is 19.0. The van der Waals surface area contributed by atoms with E-state index in [9.17, 15) is 4.79 Å². The number of benzene rings is 2. The van der Waals surface area contributed by atoms with Crippen LogP contribution in [-0.2, 0) is 11.2 Å². The Morgan fingerprint density at radius 1 is 1.07 bits per heavy atom. The highest BCUT2D eigenvalue weighted by atomic mass is 32.1. The zero-order chi connectivity index (χ0) is 19.2. The Bertz CT molecular complexity index is 881. The van der Waals surface area contributed by atoms with Gasteiger partial charge in [-0.2, -0.15) is 0 Å². The van der Waals surface area contributed by atoms with Crippen molar-refractivity contribution in [2.45, 2.75) is 19.3 Å². The normalized spacial score (nSPS) is 10.6. The van der Waals surface area contributed by atoms with Gasteiger partial charge >= 0.3 is 0 Å². The van der Waals surface area contributed by atoms with E-state index >= 15 is 0 Å². The number of methoxy groups -OCH3 is 3. The van der Waals surface area contributed by atoms with Crippen LogP contribution in [0.5, 0.6) is 17.2 Å². The number of ether oxygens (including phenoxy) is 3. The molecule has 7 heteroatoms. The maximum absolute atomic E-state index is 12.3. The van der Waals surface area contributed by atoms with Gasteiger partial charge in [0, 0.05) is 24.2 Å². The van der Waals surface area contributed by atoms with Crippen LogP contribution in [0.25, 0.3) is 10.2 Å². The molecular weight excluding hydrogens is 364 g/mol. The molecule has 2 aromatic carbocycles. The minimum absolute atomic E-state index is 0.0645. The number of carbonyl (C=O) groups excluding carboxylic acids is 1. The molecule has 0 aliphatic carbocycles. The van der Waals surface area contributed by atoms with Crippen LogP contribution in [0.3, 0.4) is 0 Å². The molecule has 6 nitrogen and oxygen atoms in total. The van der Waals surface area contributed by atoms with Crippen LogP contribution >= 0.6 is 11.3 Å². The first-order valence-corrected chi connectivity index (χ1v) is 9.40. The maximum atomic E-state index is 12.3. The van der Waals surface area contributed by atoms with E-state index in [1.165, 1.54) is 4.70 Å². The number of rotatable bonds is 8. The number of aromatic nitrogens is 1. The van der Waals surface area contributed by atoms with Crippen LogP contribution in [0.2, 0.25) is 0 Å². The van der Waals surface area contributed by atoms with Gasteiger partial charge in [-0.05, 0) is 25.0 Å². The van der Waals surface area contributed by atoms with Gasteiger partial charge in [-0.1, -0.05) is 12.1 Å². The third kappa shape index (κ3) is 4.49. The molecule has 0 saturated heterocycles. The first-order valence-electron chi connectivity index (χ1n) is 8.59. The molecule has 0 radical (unpaired) electrons. The second-order valence-corrected chi connectivity index (χ2v) is 7.01. The minimum atomic E-state index is -0.0645. The van der Waals surface area contributed by atoms with Crippen molar-refractivity contribution in [1.29, 1.82) is 0 Å². The van der Waals surface area contributed by atoms with Crippen LogP contribution in [-0.4, -0.2) is 32.2 Å². The summed E-state index contributed by atoms with van der Waals surface area (Å²) in [6, 6.07) is 11.5. The molecular formula is C20H22N2O4S. The molecule has 0 spiro atoms. The molecule has 1 N–H and O–H groups in total. The lowest BCUT2D eigenvalue weighted by molar-refractivity contribution is -0.116.